The standard InChI is InChI=1S/C20H14N2O3S/c1-24-14-8-4-2-6-11(14)16-13(10-21)19(22)25-18-12-7-3-5-9-15(12)26-20(23)17(16)18/h2-9,16H,22H2,1H3. The first-order chi connectivity index (χ1) is 12.7. The Balaban J connectivity index is 2.11. The van der Waals surface area contributed by atoms with E-state index in [0.717, 1.165) is 21.4 Å². The maximum Gasteiger partial charge on any atom is 0.240 e. The molecule has 1 aliphatic heterocycles. The van der Waals surface area contributed by atoms with Crippen molar-refractivity contribution in [3.8, 4) is 17.6 Å². The molecule has 2 heterocycles. The minimum absolute atomic E-state index is 0.0108. The second kappa shape index (κ2) is 6.21. The molecule has 0 spiro atoms. The van der Waals surface area contributed by atoms with Crippen molar-refractivity contribution in [3.05, 3.63) is 80.7 Å². The normalized spacial score (nSPS) is 15.9. The van der Waals surface area contributed by atoms with E-state index in [-0.39, 0.29) is 16.2 Å². The van der Waals surface area contributed by atoms with E-state index < -0.39 is 5.92 Å². The molecule has 3 aromatic rings. The summed E-state index contributed by atoms with van der Waals surface area (Å²) in [5.74, 6) is 0.380. The van der Waals surface area contributed by atoms with Gasteiger partial charge in [0.1, 0.15) is 23.1 Å². The van der Waals surface area contributed by atoms with Crippen LogP contribution in [0, 0.1) is 11.3 Å². The Labute approximate surface area is 153 Å². The summed E-state index contributed by atoms with van der Waals surface area (Å²) in [6.45, 7) is 0. The van der Waals surface area contributed by atoms with Crippen LogP contribution < -0.4 is 19.9 Å². The van der Waals surface area contributed by atoms with Crippen LogP contribution in [0.4, 0.5) is 0 Å². The molecule has 0 amide bonds. The zero-order valence-corrected chi connectivity index (χ0v) is 14.7. The fourth-order valence-corrected chi connectivity index (χ4v) is 4.22. The molecular weight excluding hydrogens is 348 g/mol. The molecule has 4 rings (SSSR count). The third-order valence-corrected chi connectivity index (χ3v) is 5.41. The lowest BCUT2D eigenvalue weighted by Gasteiger charge is -2.27. The van der Waals surface area contributed by atoms with Crippen molar-refractivity contribution < 1.29 is 9.47 Å². The average molecular weight is 362 g/mol. The molecule has 0 radical (unpaired) electrons. The minimum atomic E-state index is -0.631. The molecule has 2 aromatic carbocycles. The first-order valence-corrected chi connectivity index (χ1v) is 8.73. The molecule has 26 heavy (non-hydrogen) atoms. The molecule has 2 N–H and O–H groups in total. The number of hydrogen-bond donors (Lipinski definition) is 1. The van der Waals surface area contributed by atoms with E-state index in [9.17, 15) is 10.1 Å². The lowest BCUT2D eigenvalue weighted by molar-refractivity contribution is 0.390. The van der Waals surface area contributed by atoms with Gasteiger partial charge < -0.3 is 15.2 Å². The molecule has 128 valence electrons. The first kappa shape index (κ1) is 16.2. The molecule has 0 saturated heterocycles. The molecule has 0 saturated carbocycles. The average Bonchev–Trinajstić information content (AvgIpc) is 2.67. The number of ether oxygens (including phenoxy) is 2. The predicted molar refractivity (Wildman–Crippen MR) is 100 cm³/mol. The predicted octanol–water partition coefficient (Wildman–Crippen LogP) is 3.49. The van der Waals surface area contributed by atoms with E-state index in [2.05, 4.69) is 6.07 Å². The van der Waals surface area contributed by atoms with Crippen molar-refractivity contribution in [1.82, 2.24) is 0 Å². The number of methoxy groups -OCH3 is 1. The van der Waals surface area contributed by atoms with Crippen molar-refractivity contribution in [2.24, 2.45) is 5.73 Å². The summed E-state index contributed by atoms with van der Waals surface area (Å²) in [7, 11) is 1.55. The van der Waals surface area contributed by atoms with E-state index in [0.29, 0.717) is 22.6 Å². The van der Waals surface area contributed by atoms with Gasteiger partial charge in [0.25, 0.3) is 0 Å². The smallest absolute Gasteiger partial charge is 0.240 e. The van der Waals surface area contributed by atoms with Crippen molar-refractivity contribution in [3.63, 3.8) is 0 Å². The van der Waals surface area contributed by atoms with E-state index in [1.165, 1.54) is 0 Å². The molecule has 1 unspecified atom stereocenters. The van der Waals surface area contributed by atoms with Gasteiger partial charge in [-0.25, -0.2) is 0 Å². The molecule has 0 fully saturated rings. The van der Waals surface area contributed by atoms with Crippen molar-refractivity contribution in [1.29, 1.82) is 5.26 Å². The Bertz CT molecular complexity index is 1160. The highest BCUT2D eigenvalue weighted by molar-refractivity contribution is 7.16. The molecule has 1 aliphatic rings. The zero-order valence-electron chi connectivity index (χ0n) is 13.9. The number of rotatable bonds is 2. The third kappa shape index (κ3) is 2.33. The third-order valence-electron chi connectivity index (χ3n) is 4.42. The summed E-state index contributed by atoms with van der Waals surface area (Å²) in [5.41, 5.74) is 7.40. The van der Waals surface area contributed by atoms with Crippen LogP contribution in [0.25, 0.3) is 10.1 Å². The Morgan fingerprint density at radius 2 is 1.92 bits per heavy atom. The lowest BCUT2D eigenvalue weighted by Crippen LogP contribution is -2.25. The Morgan fingerprint density at radius 1 is 1.19 bits per heavy atom. The van der Waals surface area contributed by atoms with Gasteiger partial charge in [0.15, 0.2) is 0 Å². The monoisotopic (exact) mass is 362 g/mol. The number of nitriles is 1. The van der Waals surface area contributed by atoms with Crippen molar-refractivity contribution in [2.45, 2.75) is 5.92 Å². The first-order valence-electron chi connectivity index (χ1n) is 7.92. The fraction of sp³-hybridized carbons (Fsp3) is 0.100. The number of hydrogen-bond acceptors (Lipinski definition) is 6. The highest BCUT2D eigenvalue weighted by atomic mass is 32.1. The van der Waals surface area contributed by atoms with Gasteiger partial charge in [-0.15, -0.1) is 0 Å². The summed E-state index contributed by atoms with van der Waals surface area (Å²) >= 11 is 1.13. The van der Waals surface area contributed by atoms with Crippen LogP contribution in [-0.4, -0.2) is 7.11 Å². The molecule has 0 aliphatic carbocycles. The number of fused-ring (bicyclic) bond motifs is 3. The molecular formula is C20H14N2O3S. The topological polar surface area (TPSA) is 85.3 Å². The van der Waals surface area contributed by atoms with Gasteiger partial charge in [0.2, 0.25) is 10.6 Å². The summed E-state index contributed by atoms with van der Waals surface area (Å²) in [5, 5.41) is 10.5. The van der Waals surface area contributed by atoms with E-state index >= 15 is 0 Å². The number of nitrogens with two attached hydrogens (primary N) is 1. The largest absolute Gasteiger partial charge is 0.496 e. The number of benzene rings is 2. The zero-order chi connectivity index (χ0) is 18.3. The van der Waals surface area contributed by atoms with Crippen molar-refractivity contribution in [2.75, 3.05) is 7.11 Å². The van der Waals surface area contributed by atoms with Gasteiger partial charge in [-0.3, -0.25) is 4.79 Å². The van der Waals surface area contributed by atoms with Gasteiger partial charge in [-0.2, -0.15) is 5.26 Å². The van der Waals surface area contributed by atoms with E-state index in [4.69, 9.17) is 15.2 Å². The molecule has 1 aromatic heterocycles. The fourth-order valence-electron chi connectivity index (χ4n) is 3.28. The van der Waals surface area contributed by atoms with Gasteiger partial charge >= 0.3 is 0 Å². The summed E-state index contributed by atoms with van der Waals surface area (Å²) in [6.07, 6.45) is 0. The second-order valence-electron chi connectivity index (χ2n) is 5.80. The van der Waals surface area contributed by atoms with E-state index in [1.54, 1.807) is 13.2 Å². The highest BCUT2D eigenvalue weighted by Gasteiger charge is 2.35. The summed E-state index contributed by atoms with van der Waals surface area (Å²) in [6, 6.07) is 16.9. The minimum Gasteiger partial charge on any atom is -0.496 e. The highest BCUT2D eigenvalue weighted by Crippen LogP contribution is 2.46. The second-order valence-corrected chi connectivity index (χ2v) is 6.81. The Morgan fingerprint density at radius 3 is 2.69 bits per heavy atom. The van der Waals surface area contributed by atoms with Gasteiger partial charge in [-0.05, 0) is 18.2 Å². The van der Waals surface area contributed by atoms with Crippen molar-refractivity contribution >= 4 is 21.4 Å². The molecule has 5 nitrogen and oxygen atoms in total. The Kier molecular flexibility index (Phi) is 3.86. The molecule has 0 bridgehead atoms. The molecule has 6 heteroatoms. The van der Waals surface area contributed by atoms with Crippen LogP contribution in [0.1, 0.15) is 17.0 Å². The molecule has 1 atom stereocenters. The van der Waals surface area contributed by atoms with Gasteiger partial charge in [0, 0.05) is 15.6 Å². The number of allylic oxidation sites excluding steroid dienone is 1. The number of para-hydroxylation sites is 1. The summed E-state index contributed by atoms with van der Waals surface area (Å²) < 4.78 is 11.9. The van der Waals surface area contributed by atoms with Crippen LogP contribution in [0.3, 0.4) is 0 Å². The summed E-state index contributed by atoms with van der Waals surface area (Å²) in [4.78, 5) is 13.0. The van der Waals surface area contributed by atoms with Crippen LogP contribution in [-0.2, 0) is 0 Å². The van der Waals surface area contributed by atoms with Gasteiger partial charge in [-0.1, -0.05) is 41.7 Å². The SMILES string of the molecule is COc1ccccc1C1C(C#N)=C(N)Oc2c1c(=O)sc1ccccc21. The lowest BCUT2D eigenvalue weighted by atomic mass is 9.84. The number of nitrogens with zero attached hydrogens (tertiary/aromatic N) is 1. The van der Waals surface area contributed by atoms with Crippen LogP contribution >= 0.6 is 11.3 Å². The van der Waals surface area contributed by atoms with Crippen LogP contribution in [0.15, 0.2) is 64.8 Å². The van der Waals surface area contributed by atoms with Crippen LogP contribution in [0.5, 0.6) is 11.5 Å². The van der Waals surface area contributed by atoms with Gasteiger partial charge in [0.05, 0.1) is 18.6 Å². The van der Waals surface area contributed by atoms with Crippen LogP contribution in [0.2, 0.25) is 0 Å². The maximum absolute atomic E-state index is 13.0. The van der Waals surface area contributed by atoms with E-state index in [1.807, 2.05) is 42.5 Å². The Hall–Kier alpha value is -3.30. The quantitative estimate of drug-likeness (QED) is 0.754. The maximum atomic E-state index is 13.0.